The third kappa shape index (κ3) is 4.13. The third-order valence-corrected chi connectivity index (χ3v) is 6.43. The number of anilines is 1. The molecule has 0 saturated carbocycles. The van der Waals surface area contributed by atoms with Gasteiger partial charge in [-0.2, -0.15) is 4.98 Å². The number of hydrogen-bond donors (Lipinski definition) is 1. The molecule has 0 amide bonds. The van der Waals surface area contributed by atoms with Crippen LogP contribution < -0.4 is 10.2 Å². The van der Waals surface area contributed by atoms with E-state index in [4.69, 9.17) is 21.7 Å². The van der Waals surface area contributed by atoms with E-state index in [0.717, 1.165) is 40.1 Å². The van der Waals surface area contributed by atoms with Crippen LogP contribution in [0.15, 0.2) is 89.1 Å². The molecule has 5 rings (SSSR count). The summed E-state index contributed by atoms with van der Waals surface area (Å²) in [7, 11) is 0. The van der Waals surface area contributed by atoms with Crippen LogP contribution in [-0.2, 0) is 6.42 Å². The van der Waals surface area contributed by atoms with Crippen LogP contribution in [0.3, 0.4) is 0 Å². The van der Waals surface area contributed by atoms with Crippen LogP contribution in [0.1, 0.15) is 42.5 Å². The van der Waals surface area contributed by atoms with E-state index in [1.165, 1.54) is 5.56 Å². The predicted octanol–water partition coefficient (Wildman–Crippen LogP) is 6.47. The molecule has 34 heavy (non-hydrogen) atoms. The molecular formula is C28H26N4OS. The first kappa shape index (κ1) is 22.0. The fourth-order valence-electron chi connectivity index (χ4n) is 4.38. The van der Waals surface area contributed by atoms with Gasteiger partial charge in [-0.1, -0.05) is 78.3 Å². The van der Waals surface area contributed by atoms with E-state index in [1.54, 1.807) is 0 Å². The molecule has 0 bridgehead atoms. The zero-order chi connectivity index (χ0) is 23.7. The number of nitrogens with one attached hydrogen (secondary N) is 1. The van der Waals surface area contributed by atoms with Gasteiger partial charge in [0.2, 0.25) is 5.82 Å². The molecule has 0 saturated heterocycles. The highest BCUT2D eigenvalue weighted by Gasteiger charge is 2.34. The summed E-state index contributed by atoms with van der Waals surface area (Å²) in [4.78, 5) is 6.87. The minimum atomic E-state index is -0.204. The monoisotopic (exact) mass is 466 g/mol. The Balaban J connectivity index is 1.66. The number of nitrogens with zero attached hydrogens (tertiary/aromatic N) is 3. The van der Waals surface area contributed by atoms with Crippen molar-refractivity contribution in [2.45, 2.75) is 33.2 Å². The van der Waals surface area contributed by atoms with Crippen LogP contribution in [0, 0.1) is 6.92 Å². The Morgan fingerprint density at radius 2 is 1.76 bits per heavy atom. The van der Waals surface area contributed by atoms with Gasteiger partial charge in [0, 0.05) is 16.9 Å². The van der Waals surface area contributed by atoms with Gasteiger partial charge in [0.05, 0.1) is 11.6 Å². The average Bonchev–Trinajstić information content (AvgIpc) is 3.34. The number of allylic oxidation sites excluding steroid dienone is 1. The Kier molecular flexibility index (Phi) is 5.99. The second-order valence-corrected chi connectivity index (χ2v) is 8.83. The minimum Gasteiger partial charge on any atom is -0.351 e. The highest BCUT2D eigenvalue weighted by Crippen LogP contribution is 2.39. The first-order valence-corrected chi connectivity index (χ1v) is 11.8. The summed E-state index contributed by atoms with van der Waals surface area (Å²) >= 11 is 5.86. The molecule has 1 aromatic heterocycles. The fraction of sp³-hybridized carbons (Fsp3) is 0.179. The van der Waals surface area contributed by atoms with Crippen molar-refractivity contribution in [3.8, 4) is 11.4 Å². The Bertz CT molecular complexity index is 1380. The summed E-state index contributed by atoms with van der Waals surface area (Å²) in [6.45, 7) is 6.27. The molecular weight excluding hydrogens is 440 g/mol. The Morgan fingerprint density at radius 1 is 0.971 bits per heavy atom. The van der Waals surface area contributed by atoms with Gasteiger partial charge in [0.1, 0.15) is 0 Å². The first-order chi connectivity index (χ1) is 16.5. The van der Waals surface area contributed by atoms with E-state index >= 15 is 0 Å². The van der Waals surface area contributed by atoms with Crippen molar-refractivity contribution in [1.29, 1.82) is 0 Å². The smallest absolute Gasteiger partial charge is 0.258 e. The SMILES string of the molecule is CCc1cccc(N2C(=S)NC(c3ccccc3)C(c3nc(-c4cccc(C)c4)no3)=C2C)c1. The van der Waals surface area contributed by atoms with Crippen molar-refractivity contribution in [3.05, 3.63) is 107 Å². The van der Waals surface area contributed by atoms with E-state index in [9.17, 15) is 0 Å². The lowest BCUT2D eigenvalue weighted by molar-refractivity contribution is 0.404. The Hall–Kier alpha value is -3.77. The van der Waals surface area contributed by atoms with Crippen molar-refractivity contribution in [1.82, 2.24) is 15.5 Å². The number of benzene rings is 3. The van der Waals surface area contributed by atoms with Crippen molar-refractivity contribution >= 4 is 28.6 Å². The second-order valence-electron chi connectivity index (χ2n) is 8.44. The summed E-state index contributed by atoms with van der Waals surface area (Å²) in [5.41, 5.74) is 7.29. The largest absolute Gasteiger partial charge is 0.351 e. The van der Waals surface area contributed by atoms with Crippen LogP contribution in [0.5, 0.6) is 0 Å². The molecule has 0 radical (unpaired) electrons. The van der Waals surface area contributed by atoms with Crippen molar-refractivity contribution in [2.24, 2.45) is 0 Å². The molecule has 5 nitrogen and oxygen atoms in total. The minimum absolute atomic E-state index is 0.204. The van der Waals surface area contributed by atoms with Gasteiger partial charge < -0.3 is 9.84 Å². The van der Waals surface area contributed by atoms with Crippen molar-refractivity contribution < 1.29 is 4.52 Å². The molecule has 1 aliphatic rings. The molecule has 0 fully saturated rings. The maximum atomic E-state index is 5.86. The molecule has 1 aliphatic heterocycles. The molecule has 0 aliphatic carbocycles. The fourth-order valence-corrected chi connectivity index (χ4v) is 4.74. The van der Waals surface area contributed by atoms with Gasteiger partial charge in [0.25, 0.3) is 5.89 Å². The number of thiocarbonyl (C=S) groups is 1. The molecule has 0 spiro atoms. The lowest BCUT2D eigenvalue weighted by atomic mass is 9.94. The molecule has 1 N–H and O–H groups in total. The van der Waals surface area contributed by atoms with Crippen LogP contribution in [0.4, 0.5) is 5.69 Å². The van der Waals surface area contributed by atoms with Gasteiger partial charge in [-0.3, -0.25) is 4.90 Å². The van der Waals surface area contributed by atoms with Gasteiger partial charge in [-0.25, -0.2) is 0 Å². The normalized spacial score (nSPS) is 16.0. The summed E-state index contributed by atoms with van der Waals surface area (Å²) in [5.74, 6) is 1.05. The van der Waals surface area contributed by atoms with E-state index in [-0.39, 0.29) is 6.04 Å². The number of aryl methyl sites for hydroxylation is 2. The van der Waals surface area contributed by atoms with E-state index in [0.29, 0.717) is 16.8 Å². The van der Waals surface area contributed by atoms with E-state index in [2.05, 4.69) is 84.7 Å². The average molecular weight is 467 g/mol. The first-order valence-electron chi connectivity index (χ1n) is 11.4. The molecule has 4 aromatic rings. The summed E-state index contributed by atoms with van der Waals surface area (Å²) in [6.07, 6.45) is 0.952. The lowest BCUT2D eigenvalue weighted by Gasteiger charge is -2.37. The highest BCUT2D eigenvalue weighted by molar-refractivity contribution is 7.80. The molecule has 3 aromatic carbocycles. The van der Waals surface area contributed by atoms with Gasteiger partial charge >= 0.3 is 0 Å². The van der Waals surface area contributed by atoms with Crippen molar-refractivity contribution in [2.75, 3.05) is 4.90 Å². The Labute approximate surface area is 205 Å². The third-order valence-electron chi connectivity index (χ3n) is 6.13. The lowest BCUT2D eigenvalue weighted by Crippen LogP contribution is -2.46. The van der Waals surface area contributed by atoms with Crippen molar-refractivity contribution in [3.63, 3.8) is 0 Å². The zero-order valence-electron chi connectivity index (χ0n) is 19.4. The zero-order valence-corrected chi connectivity index (χ0v) is 20.3. The van der Waals surface area contributed by atoms with Gasteiger partial charge in [-0.15, -0.1) is 0 Å². The summed E-state index contributed by atoms with van der Waals surface area (Å²) in [5, 5.41) is 8.48. The topological polar surface area (TPSA) is 54.2 Å². The van der Waals surface area contributed by atoms with Gasteiger partial charge in [-0.05, 0) is 61.8 Å². The number of aromatic nitrogens is 2. The Morgan fingerprint density at radius 3 is 2.53 bits per heavy atom. The van der Waals surface area contributed by atoms with Crippen LogP contribution in [0.2, 0.25) is 0 Å². The summed E-state index contributed by atoms with van der Waals surface area (Å²) < 4.78 is 5.86. The van der Waals surface area contributed by atoms with E-state index < -0.39 is 0 Å². The maximum absolute atomic E-state index is 5.86. The second kappa shape index (κ2) is 9.23. The van der Waals surface area contributed by atoms with E-state index in [1.807, 2.05) is 30.3 Å². The van der Waals surface area contributed by atoms with Gasteiger partial charge in [0.15, 0.2) is 5.11 Å². The predicted molar refractivity (Wildman–Crippen MR) is 140 cm³/mol. The molecule has 1 unspecified atom stereocenters. The number of rotatable bonds is 5. The van der Waals surface area contributed by atoms with Crippen LogP contribution in [0.25, 0.3) is 17.0 Å². The molecule has 170 valence electrons. The van der Waals surface area contributed by atoms with Crippen LogP contribution >= 0.6 is 12.2 Å². The maximum Gasteiger partial charge on any atom is 0.258 e. The quantitative estimate of drug-likeness (QED) is 0.340. The highest BCUT2D eigenvalue weighted by atomic mass is 32.1. The molecule has 1 atom stereocenters. The molecule has 2 heterocycles. The molecule has 6 heteroatoms. The van der Waals surface area contributed by atoms with Crippen LogP contribution in [-0.4, -0.2) is 15.3 Å². The standard InChI is InChI=1S/C28H26N4OS/c1-4-20-11-9-15-23(17-20)32-19(3)24(25(29-28(32)34)21-12-6-5-7-13-21)27-30-26(31-33-27)22-14-8-10-18(2)16-22/h5-17,25H,4H2,1-3H3,(H,29,34). The summed E-state index contributed by atoms with van der Waals surface area (Å²) in [6, 6.07) is 26.6. The number of hydrogen-bond acceptors (Lipinski definition) is 4.